The molecule has 1 aromatic rings. The minimum atomic E-state index is -1.25. The van der Waals surface area contributed by atoms with E-state index in [1.165, 1.54) is 0 Å². The fourth-order valence-electron chi connectivity index (χ4n) is 2.03. The van der Waals surface area contributed by atoms with Crippen molar-refractivity contribution in [2.75, 3.05) is 0 Å². The zero-order valence-electron chi connectivity index (χ0n) is 8.93. The summed E-state index contributed by atoms with van der Waals surface area (Å²) < 4.78 is 0. The van der Waals surface area contributed by atoms with Gasteiger partial charge in [0.05, 0.1) is 11.1 Å². The lowest BCUT2D eigenvalue weighted by Gasteiger charge is -2.20. The number of carbonyl (C=O) groups is 2. The van der Waals surface area contributed by atoms with Gasteiger partial charge in [-0.3, -0.25) is 0 Å². The van der Waals surface area contributed by atoms with Crippen LogP contribution in [0, 0.1) is 0 Å². The van der Waals surface area contributed by atoms with Gasteiger partial charge in [0, 0.05) is 0 Å². The van der Waals surface area contributed by atoms with E-state index in [0.717, 1.165) is 5.56 Å². The van der Waals surface area contributed by atoms with E-state index in [0.29, 0.717) is 17.6 Å². The first kappa shape index (κ1) is 11.1. The first-order valence-corrected chi connectivity index (χ1v) is 4.99. The second kappa shape index (κ2) is 3.90. The van der Waals surface area contributed by atoms with Gasteiger partial charge in [-0.05, 0) is 23.1 Å². The van der Waals surface area contributed by atoms with Gasteiger partial charge in [-0.2, -0.15) is 0 Å². The van der Waals surface area contributed by atoms with E-state index in [-0.39, 0.29) is 11.1 Å². The molecule has 0 aliphatic heterocycles. The Balaban J connectivity index is 2.78. The van der Waals surface area contributed by atoms with Crippen molar-refractivity contribution in [1.82, 2.24) is 0 Å². The Labute approximate surface area is 97.5 Å². The molecule has 0 fully saturated rings. The van der Waals surface area contributed by atoms with Crippen LogP contribution in [0.3, 0.4) is 0 Å². The summed E-state index contributed by atoms with van der Waals surface area (Å²) in [5.74, 6) is -2.49. The first-order chi connectivity index (χ1) is 8.02. The molecule has 1 aliphatic rings. The molecule has 0 atom stereocenters. The summed E-state index contributed by atoms with van der Waals surface area (Å²) in [6.45, 7) is 3.65. The molecule has 17 heavy (non-hydrogen) atoms. The first-order valence-electron chi connectivity index (χ1n) is 4.99. The van der Waals surface area contributed by atoms with Crippen molar-refractivity contribution in [2.45, 2.75) is 6.42 Å². The van der Waals surface area contributed by atoms with E-state index < -0.39 is 11.9 Å². The number of carboxylic acid groups (broad SMARTS) is 2. The van der Waals surface area contributed by atoms with Crippen molar-refractivity contribution in [1.29, 1.82) is 0 Å². The number of carboxylic acids is 2. The molecule has 86 valence electrons. The average molecular weight is 230 g/mol. The van der Waals surface area contributed by atoms with Crippen molar-refractivity contribution >= 4 is 17.5 Å². The summed E-state index contributed by atoms with van der Waals surface area (Å²) >= 11 is 0. The van der Waals surface area contributed by atoms with Gasteiger partial charge in [0.15, 0.2) is 0 Å². The van der Waals surface area contributed by atoms with Crippen LogP contribution in [0.4, 0.5) is 0 Å². The van der Waals surface area contributed by atoms with Crippen molar-refractivity contribution in [3.05, 3.63) is 53.1 Å². The third-order valence-corrected chi connectivity index (χ3v) is 2.72. The third kappa shape index (κ3) is 1.73. The van der Waals surface area contributed by atoms with Crippen LogP contribution in [0.25, 0.3) is 5.57 Å². The van der Waals surface area contributed by atoms with E-state index >= 15 is 0 Å². The standard InChI is InChI=1S/C13H10O4/c1-7-6-8-4-2-3-5-9(8)11(13(16)17)10(7)12(14)15/h2-5H,1,6H2,(H,14,15)(H,16,17). The second-order valence-corrected chi connectivity index (χ2v) is 3.80. The lowest BCUT2D eigenvalue weighted by molar-refractivity contribution is -0.134. The molecular weight excluding hydrogens is 220 g/mol. The molecule has 0 radical (unpaired) electrons. The fourth-order valence-corrected chi connectivity index (χ4v) is 2.03. The molecule has 1 aliphatic carbocycles. The number of fused-ring (bicyclic) bond motifs is 1. The predicted octanol–water partition coefficient (Wildman–Crippen LogP) is 1.72. The SMILES string of the molecule is C=C1Cc2ccccc2C(C(=O)O)=C1C(=O)O. The molecule has 2 rings (SSSR count). The Morgan fingerprint density at radius 2 is 1.65 bits per heavy atom. The highest BCUT2D eigenvalue weighted by Crippen LogP contribution is 2.34. The Bertz CT molecular complexity index is 567. The molecule has 4 heteroatoms. The normalized spacial score (nSPS) is 14.5. The molecule has 0 saturated heterocycles. The van der Waals surface area contributed by atoms with Gasteiger partial charge in [0.2, 0.25) is 0 Å². The summed E-state index contributed by atoms with van der Waals surface area (Å²) in [7, 11) is 0. The van der Waals surface area contributed by atoms with Crippen LogP contribution < -0.4 is 0 Å². The highest BCUT2D eigenvalue weighted by atomic mass is 16.4. The molecular formula is C13H10O4. The number of rotatable bonds is 2. The minimum absolute atomic E-state index is 0.177. The summed E-state index contributed by atoms with van der Waals surface area (Å²) in [5, 5.41) is 18.2. The average Bonchev–Trinajstić information content (AvgIpc) is 2.26. The molecule has 2 N–H and O–H groups in total. The van der Waals surface area contributed by atoms with Gasteiger partial charge in [0.1, 0.15) is 0 Å². The van der Waals surface area contributed by atoms with Crippen LogP contribution in [0.2, 0.25) is 0 Å². The van der Waals surface area contributed by atoms with Crippen LogP contribution in [-0.4, -0.2) is 22.2 Å². The van der Waals surface area contributed by atoms with Gasteiger partial charge < -0.3 is 10.2 Å². The maximum atomic E-state index is 11.2. The van der Waals surface area contributed by atoms with Crippen LogP contribution in [0.1, 0.15) is 11.1 Å². The number of hydrogen-bond donors (Lipinski definition) is 2. The van der Waals surface area contributed by atoms with Crippen LogP contribution >= 0.6 is 0 Å². The van der Waals surface area contributed by atoms with Gasteiger partial charge in [-0.25, -0.2) is 9.59 Å². The highest BCUT2D eigenvalue weighted by Gasteiger charge is 2.29. The lowest BCUT2D eigenvalue weighted by atomic mass is 9.83. The molecule has 4 nitrogen and oxygen atoms in total. The third-order valence-electron chi connectivity index (χ3n) is 2.72. The molecule has 0 spiro atoms. The summed E-state index contributed by atoms with van der Waals surface area (Å²) in [4.78, 5) is 22.3. The molecule has 0 saturated carbocycles. The molecule has 0 amide bonds. The fraction of sp³-hybridized carbons (Fsp3) is 0.0769. The Hall–Kier alpha value is -2.36. The van der Waals surface area contributed by atoms with E-state index in [2.05, 4.69) is 6.58 Å². The minimum Gasteiger partial charge on any atom is -0.478 e. The number of benzene rings is 1. The summed E-state index contributed by atoms with van der Waals surface area (Å²) in [6.07, 6.45) is 0.370. The molecule has 0 bridgehead atoms. The lowest BCUT2D eigenvalue weighted by Crippen LogP contribution is -2.18. The van der Waals surface area contributed by atoms with E-state index in [1.54, 1.807) is 24.3 Å². The van der Waals surface area contributed by atoms with E-state index in [4.69, 9.17) is 10.2 Å². The monoisotopic (exact) mass is 230 g/mol. The highest BCUT2D eigenvalue weighted by molar-refractivity contribution is 6.24. The zero-order chi connectivity index (χ0) is 12.6. The quantitative estimate of drug-likeness (QED) is 0.811. The van der Waals surface area contributed by atoms with Crippen LogP contribution in [0.5, 0.6) is 0 Å². The Morgan fingerprint density at radius 1 is 1.06 bits per heavy atom. The summed E-state index contributed by atoms with van der Waals surface area (Å²) in [6, 6.07) is 6.88. The predicted molar refractivity (Wildman–Crippen MR) is 61.5 cm³/mol. The van der Waals surface area contributed by atoms with Crippen LogP contribution in [-0.2, 0) is 16.0 Å². The van der Waals surface area contributed by atoms with Crippen molar-refractivity contribution in [2.24, 2.45) is 0 Å². The van der Waals surface area contributed by atoms with E-state index in [1.807, 2.05) is 0 Å². The topological polar surface area (TPSA) is 74.6 Å². The van der Waals surface area contributed by atoms with Gasteiger partial charge in [0.25, 0.3) is 0 Å². The van der Waals surface area contributed by atoms with Crippen LogP contribution in [0.15, 0.2) is 42.0 Å². The number of hydrogen-bond acceptors (Lipinski definition) is 2. The Kier molecular flexibility index (Phi) is 2.55. The van der Waals surface area contributed by atoms with Gasteiger partial charge in [-0.1, -0.05) is 30.8 Å². The largest absolute Gasteiger partial charge is 0.478 e. The van der Waals surface area contributed by atoms with E-state index in [9.17, 15) is 9.59 Å². The second-order valence-electron chi connectivity index (χ2n) is 3.80. The zero-order valence-corrected chi connectivity index (χ0v) is 8.93. The molecule has 0 aromatic heterocycles. The maximum absolute atomic E-state index is 11.2. The molecule has 0 heterocycles. The van der Waals surface area contributed by atoms with Gasteiger partial charge in [-0.15, -0.1) is 0 Å². The maximum Gasteiger partial charge on any atom is 0.337 e. The van der Waals surface area contributed by atoms with Gasteiger partial charge >= 0.3 is 11.9 Å². The van der Waals surface area contributed by atoms with Crippen molar-refractivity contribution < 1.29 is 19.8 Å². The van der Waals surface area contributed by atoms with Crippen molar-refractivity contribution in [3.8, 4) is 0 Å². The molecule has 0 unspecified atom stereocenters. The summed E-state index contributed by atoms with van der Waals surface area (Å²) in [5.41, 5.74) is 1.21. The molecule has 1 aromatic carbocycles. The number of aliphatic carboxylic acids is 2. The smallest absolute Gasteiger partial charge is 0.337 e. The van der Waals surface area contributed by atoms with Crippen molar-refractivity contribution in [3.63, 3.8) is 0 Å². The Morgan fingerprint density at radius 3 is 2.24 bits per heavy atom.